The minimum atomic E-state index is 0.0815. The van der Waals surface area contributed by atoms with Gasteiger partial charge in [0.15, 0.2) is 5.78 Å². The molecule has 2 rings (SSSR count). The van der Waals surface area contributed by atoms with Gasteiger partial charge in [0.05, 0.1) is 11.5 Å². The summed E-state index contributed by atoms with van der Waals surface area (Å²) < 4.78 is 0. The Morgan fingerprint density at radius 2 is 1.71 bits per heavy atom. The molecule has 0 heterocycles. The Morgan fingerprint density at radius 3 is 2.29 bits per heavy atom. The third-order valence-corrected chi connectivity index (χ3v) is 4.98. The number of carbonyl (C=O) groups excluding carboxylic acids is 1. The number of rotatable bonds is 7. The summed E-state index contributed by atoms with van der Waals surface area (Å²) in [5.74, 6) is 0.487. The quantitative estimate of drug-likeness (QED) is 0.365. The zero-order valence-electron chi connectivity index (χ0n) is 14.3. The Bertz CT molecular complexity index is 679. The van der Waals surface area contributed by atoms with Crippen molar-refractivity contribution in [1.82, 2.24) is 5.32 Å². The Morgan fingerprint density at radius 1 is 1.12 bits per heavy atom. The maximum Gasteiger partial charge on any atom is 0.176 e. The van der Waals surface area contributed by atoms with Gasteiger partial charge < -0.3 is 0 Å². The number of hydrogen-bond acceptors (Lipinski definition) is 2. The molecule has 24 heavy (non-hydrogen) atoms. The first-order valence-corrected chi connectivity index (χ1v) is 9.39. The van der Waals surface area contributed by atoms with Crippen molar-refractivity contribution in [3.8, 4) is 0 Å². The second kappa shape index (κ2) is 8.80. The molecular formula is C20H23BrClNO. The maximum atomic E-state index is 12.3. The van der Waals surface area contributed by atoms with Gasteiger partial charge in [0, 0.05) is 10.6 Å². The van der Waals surface area contributed by atoms with Crippen LogP contribution in [0.1, 0.15) is 46.3 Å². The van der Waals surface area contributed by atoms with E-state index >= 15 is 0 Å². The minimum Gasteiger partial charge on any atom is -0.298 e. The molecule has 0 aliphatic carbocycles. The fraction of sp³-hybridized carbons (Fsp3) is 0.350. The molecule has 0 aliphatic rings. The summed E-state index contributed by atoms with van der Waals surface area (Å²) in [6, 6.07) is 13.9. The average molecular weight is 409 g/mol. The smallest absolute Gasteiger partial charge is 0.176 e. The van der Waals surface area contributed by atoms with Crippen LogP contribution >= 0.6 is 27.5 Å². The van der Waals surface area contributed by atoms with E-state index in [4.69, 9.17) is 11.6 Å². The molecule has 0 fully saturated rings. The van der Waals surface area contributed by atoms with Crippen LogP contribution in [0.25, 0.3) is 0 Å². The largest absolute Gasteiger partial charge is 0.298 e. The molecule has 0 saturated heterocycles. The van der Waals surface area contributed by atoms with Gasteiger partial charge in [-0.15, -0.1) is 0 Å². The molecule has 0 aliphatic heterocycles. The minimum absolute atomic E-state index is 0.0815. The van der Waals surface area contributed by atoms with Gasteiger partial charge in [-0.25, -0.2) is 0 Å². The molecule has 0 radical (unpaired) electrons. The molecule has 0 amide bonds. The normalized spacial score (nSPS) is 13.5. The van der Waals surface area contributed by atoms with Gasteiger partial charge >= 0.3 is 0 Å². The van der Waals surface area contributed by atoms with Gasteiger partial charge in [0.25, 0.3) is 0 Å². The van der Waals surface area contributed by atoms with E-state index in [1.165, 1.54) is 5.56 Å². The molecule has 0 bridgehead atoms. The zero-order valence-corrected chi connectivity index (χ0v) is 16.6. The van der Waals surface area contributed by atoms with Gasteiger partial charge in [-0.1, -0.05) is 63.8 Å². The van der Waals surface area contributed by atoms with Crippen molar-refractivity contribution in [1.29, 1.82) is 0 Å². The zero-order chi connectivity index (χ0) is 17.7. The Balaban J connectivity index is 1.87. The Hall–Kier alpha value is -1.16. The van der Waals surface area contributed by atoms with E-state index in [2.05, 4.69) is 34.2 Å². The highest BCUT2D eigenvalue weighted by Crippen LogP contribution is 2.24. The van der Waals surface area contributed by atoms with Crippen LogP contribution in [0.3, 0.4) is 0 Å². The fourth-order valence-corrected chi connectivity index (χ4v) is 3.61. The van der Waals surface area contributed by atoms with E-state index in [0.717, 1.165) is 28.1 Å². The molecule has 2 aromatic rings. The van der Waals surface area contributed by atoms with Crippen LogP contribution in [-0.4, -0.2) is 17.3 Å². The third kappa shape index (κ3) is 5.73. The summed E-state index contributed by atoms with van der Waals surface area (Å²) in [6.07, 6.45) is 0.891. The van der Waals surface area contributed by atoms with Gasteiger partial charge in [0.1, 0.15) is 0 Å². The van der Waals surface area contributed by atoms with Crippen molar-refractivity contribution in [3.05, 3.63) is 69.7 Å². The molecule has 2 aromatic carbocycles. The Kier molecular flexibility index (Phi) is 7.02. The van der Waals surface area contributed by atoms with E-state index in [9.17, 15) is 4.79 Å². The lowest BCUT2D eigenvalue weighted by Crippen LogP contribution is -2.30. The van der Waals surface area contributed by atoms with E-state index in [-0.39, 0.29) is 10.7 Å². The second-order valence-corrected chi connectivity index (χ2v) is 7.88. The van der Waals surface area contributed by atoms with E-state index in [1.807, 2.05) is 50.2 Å². The van der Waals surface area contributed by atoms with Crippen molar-refractivity contribution in [2.75, 3.05) is 6.54 Å². The van der Waals surface area contributed by atoms with Gasteiger partial charge in [0.2, 0.25) is 0 Å². The van der Waals surface area contributed by atoms with Crippen LogP contribution in [0, 0.1) is 13.8 Å². The number of hydrogen-bond donors (Lipinski definition) is 1. The lowest BCUT2D eigenvalue weighted by atomic mass is 9.98. The number of carbonyl (C=O) groups is 1. The third-order valence-electron chi connectivity index (χ3n) is 4.03. The van der Waals surface area contributed by atoms with E-state index in [0.29, 0.717) is 12.5 Å². The van der Waals surface area contributed by atoms with Crippen LogP contribution in [0.15, 0.2) is 42.5 Å². The number of Topliss-reactive ketones (excluding diaryl/α,β-unsaturated/α-hetero) is 1. The van der Waals surface area contributed by atoms with Gasteiger partial charge in [-0.3, -0.25) is 10.1 Å². The highest BCUT2D eigenvalue weighted by atomic mass is 79.9. The maximum absolute atomic E-state index is 12.3. The number of ketones is 1. The van der Waals surface area contributed by atoms with Crippen molar-refractivity contribution >= 4 is 33.3 Å². The predicted molar refractivity (Wildman–Crippen MR) is 105 cm³/mol. The molecular weight excluding hydrogens is 386 g/mol. The number of nitrogens with one attached hydrogen (secondary N) is 1. The topological polar surface area (TPSA) is 29.1 Å². The molecule has 0 aromatic heterocycles. The fourth-order valence-electron chi connectivity index (χ4n) is 2.76. The molecule has 2 unspecified atom stereocenters. The van der Waals surface area contributed by atoms with Crippen LogP contribution in [0.2, 0.25) is 5.02 Å². The van der Waals surface area contributed by atoms with E-state index < -0.39 is 0 Å². The highest BCUT2D eigenvalue weighted by molar-refractivity contribution is 9.09. The SMILES string of the molecule is Cc1cc(C)cc(C(=O)CNC(Br)CC(C)c2ccc(Cl)cc2)c1. The monoisotopic (exact) mass is 407 g/mol. The summed E-state index contributed by atoms with van der Waals surface area (Å²) in [4.78, 5) is 12.4. The van der Waals surface area contributed by atoms with Gasteiger partial charge in [-0.05, 0) is 56.0 Å². The standard InChI is InChI=1S/C20H23BrClNO/c1-13-8-14(2)10-17(9-13)19(24)12-23-20(21)11-15(3)16-4-6-18(22)7-5-16/h4-10,15,20,23H,11-12H2,1-3H3. The number of aryl methyl sites for hydroxylation is 2. The lowest BCUT2D eigenvalue weighted by Gasteiger charge is -2.17. The summed E-state index contributed by atoms with van der Waals surface area (Å²) >= 11 is 9.56. The Labute approximate surface area is 157 Å². The van der Waals surface area contributed by atoms with Gasteiger partial charge in [-0.2, -0.15) is 0 Å². The van der Waals surface area contributed by atoms with Crippen molar-refractivity contribution in [2.24, 2.45) is 0 Å². The van der Waals surface area contributed by atoms with E-state index in [1.54, 1.807) is 0 Å². The highest BCUT2D eigenvalue weighted by Gasteiger charge is 2.14. The first-order chi connectivity index (χ1) is 11.3. The van der Waals surface area contributed by atoms with Crippen LogP contribution < -0.4 is 5.32 Å². The summed E-state index contributed by atoms with van der Waals surface area (Å²) in [6.45, 7) is 6.52. The summed E-state index contributed by atoms with van der Waals surface area (Å²) in [5, 5.41) is 4.02. The number of benzene rings is 2. The number of halogens is 2. The van der Waals surface area contributed by atoms with Crippen LogP contribution in [0.5, 0.6) is 0 Å². The van der Waals surface area contributed by atoms with Crippen LogP contribution in [-0.2, 0) is 0 Å². The van der Waals surface area contributed by atoms with Crippen molar-refractivity contribution in [2.45, 2.75) is 38.1 Å². The molecule has 2 nitrogen and oxygen atoms in total. The molecule has 0 saturated carbocycles. The first-order valence-electron chi connectivity index (χ1n) is 8.09. The van der Waals surface area contributed by atoms with Crippen molar-refractivity contribution < 1.29 is 4.79 Å². The lowest BCUT2D eigenvalue weighted by molar-refractivity contribution is 0.0990. The molecule has 4 heteroatoms. The predicted octanol–water partition coefficient (Wildman–Crippen LogP) is 5.64. The van der Waals surface area contributed by atoms with Crippen molar-refractivity contribution in [3.63, 3.8) is 0 Å². The summed E-state index contributed by atoms with van der Waals surface area (Å²) in [7, 11) is 0. The van der Waals surface area contributed by atoms with Crippen LogP contribution in [0.4, 0.5) is 0 Å². The second-order valence-electron chi connectivity index (χ2n) is 6.34. The number of alkyl halides is 1. The molecule has 128 valence electrons. The summed E-state index contributed by atoms with van der Waals surface area (Å²) in [5.41, 5.74) is 4.24. The molecule has 1 N–H and O–H groups in total. The average Bonchev–Trinajstić information content (AvgIpc) is 2.52. The molecule has 2 atom stereocenters. The first kappa shape index (κ1) is 19.2. The molecule has 0 spiro atoms.